The smallest absolute Gasteiger partial charge is 0.408 e. The predicted octanol–water partition coefficient (Wildman–Crippen LogP) is 6.33. The second-order valence-electron chi connectivity index (χ2n) is 16.0. The van der Waals surface area contributed by atoms with Gasteiger partial charge in [-0.3, -0.25) is 19.8 Å². The Labute approximate surface area is 336 Å². The van der Waals surface area contributed by atoms with Crippen molar-refractivity contribution in [3.8, 4) is 22.5 Å². The molecule has 1 unspecified atom stereocenters. The van der Waals surface area contributed by atoms with Gasteiger partial charge in [0.25, 0.3) is 5.91 Å². The lowest BCUT2D eigenvalue weighted by Gasteiger charge is -2.34. The zero-order valence-electron chi connectivity index (χ0n) is 34.3. The normalized spacial score (nSPS) is 15.9. The number of hydrazine groups is 1. The quantitative estimate of drug-likeness (QED) is 0.112. The molecule has 5 rings (SSSR count). The van der Waals surface area contributed by atoms with E-state index < -0.39 is 53.9 Å². The number of fused-ring (bicyclic) bond motifs is 1. The molecule has 3 aromatic heterocycles. The molecule has 3 atom stereocenters. The number of aromatic nitrogens is 3. The number of benzene rings is 1. The number of halogens is 3. The molecular formula is C42H55F3N6O7. The van der Waals surface area contributed by atoms with Crippen LogP contribution in [0.2, 0.25) is 0 Å². The molecule has 0 radical (unpaired) electrons. The van der Waals surface area contributed by atoms with E-state index in [-0.39, 0.29) is 19.4 Å². The number of aldehydes is 1. The molecule has 4 heterocycles. The van der Waals surface area contributed by atoms with Gasteiger partial charge in [0.2, 0.25) is 0 Å². The fourth-order valence-corrected chi connectivity index (χ4v) is 6.87. The topological polar surface area (TPSA) is 168 Å². The van der Waals surface area contributed by atoms with E-state index >= 15 is 0 Å². The van der Waals surface area contributed by atoms with Crippen molar-refractivity contribution >= 4 is 29.2 Å². The van der Waals surface area contributed by atoms with Gasteiger partial charge >= 0.3 is 12.3 Å². The number of aliphatic hydroxyl groups is 2. The minimum absolute atomic E-state index is 0.0262. The summed E-state index contributed by atoms with van der Waals surface area (Å²) >= 11 is 0. The average molecular weight is 813 g/mol. The fraction of sp³-hybridized carbons (Fsp3) is 0.500. The van der Waals surface area contributed by atoms with Crippen LogP contribution in [0.4, 0.5) is 18.0 Å². The number of alkyl carbamates (subject to hydrolysis) is 1. The van der Waals surface area contributed by atoms with E-state index in [9.17, 15) is 32.7 Å². The van der Waals surface area contributed by atoms with Crippen molar-refractivity contribution in [2.45, 2.75) is 104 Å². The zero-order chi connectivity index (χ0) is 43.0. The molecule has 4 N–H and O–H groups in total. The summed E-state index contributed by atoms with van der Waals surface area (Å²) in [4.78, 5) is 47.6. The summed E-state index contributed by atoms with van der Waals surface area (Å²) in [5.74, 6) is -0.469. The number of hydrogen-bond acceptors (Lipinski definition) is 10. The number of methoxy groups -OCH3 is 1. The Morgan fingerprint density at radius 2 is 1.81 bits per heavy atom. The first-order valence-corrected chi connectivity index (χ1v) is 19.1. The maximum absolute atomic E-state index is 14.4. The Morgan fingerprint density at radius 3 is 2.45 bits per heavy atom. The molecule has 0 saturated carbocycles. The third kappa shape index (κ3) is 11.6. The minimum atomic E-state index is -4.56. The van der Waals surface area contributed by atoms with Gasteiger partial charge in [0.1, 0.15) is 24.5 Å². The standard InChI is InChI=1S/C41H51F3N6O6.CH4O/c1-25(55-7)35-29(13-9-17-45-35)36-31(21-40(5,6)24-52)30-19-26(15-16-34(30)49(36)23-41(42,43)44)32-14-8-11-27(46-32)20-33(47-38(54)56-39(2,3)4)37(53)50-18-10-12-28(22-51)48-50;1-2/h8-9,11,13-17,19,22,25,28,33,48,52H,10,12,18,20-21,23-24H2,1-7H3,(H,47,54);2H,1H3/t25-,28?,33-;/m0./s1. The lowest BCUT2D eigenvalue weighted by atomic mass is 9.84. The van der Waals surface area contributed by atoms with Gasteiger partial charge in [-0.15, -0.1) is 0 Å². The molecule has 1 saturated heterocycles. The third-order valence-electron chi connectivity index (χ3n) is 9.57. The largest absolute Gasteiger partial charge is 0.444 e. The van der Waals surface area contributed by atoms with Crippen molar-refractivity contribution in [2.24, 2.45) is 5.41 Å². The monoisotopic (exact) mass is 812 g/mol. The second-order valence-corrected chi connectivity index (χ2v) is 16.0. The maximum Gasteiger partial charge on any atom is 0.408 e. The number of carbonyl (C=O) groups is 3. The first kappa shape index (κ1) is 45.8. The summed E-state index contributed by atoms with van der Waals surface area (Å²) in [6.45, 7) is 9.46. The average Bonchev–Trinajstić information content (AvgIpc) is 3.46. The van der Waals surface area contributed by atoms with Crippen molar-refractivity contribution in [3.63, 3.8) is 0 Å². The van der Waals surface area contributed by atoms with Crippen LogP contribution >= 0.6 is 0 Å². The molecule has 13 nitrogen and oxygen atoms in total. The van der Waals surface area contributed by atoms with Gasteiger partial charge in [-0.1, -0.05) is 26.0 Å². The molecule has 0 spiro atoms. The highest BCUT2D eigenvalue weighted by molar-refractivity contribution is 5.95. The molecule has 2 amide bonds. The Bertz CT molecular complexity index is 2050. The molecule has 1 aliphatic rings. The number of aliphatic hydroxyl groups excluding tert-OH is 2. The minimum Gasteiger partial charge on any atom is -0.444 e. The number of amides is 2. The number of rotatable bonds is 13. The Balaban J connectivity index is 0.00000366. The highest BCUT2D eigenvalue weighted by atomic mass is 19.4. The van der Waals surface area contributed by atoms with Gasteiger partial charge < -0.3 is 34.4 Å². The first-order valence-electron chi connectivity index (χ1n) is 19.1. The number of nitrogens with one attached hydrogen (secondary N) is 2. The summed E-state index contributed by atoms with van der Waals surface area (Å²) in [5, 5.41) is 21.9. The number of carbonyl (C=O) groups excluding carboxylic acids is 3. The van der Waals surface area contributed by atoms with Crippen LogP contribution in [0.15, 0.2) is 54.7 Å². The molecule has 4 aromatic rings. The predicted molar refractivity (Wildman–Crippen MR) is 213 cm³/mol. The van der Waals surface area contributed by atoms with E-state index in [0.29, 0.717) is 69.8 Å². The van der Waals surface area contributed by atoms with Crippen molar-refractivity contribution in [1.82, 2.24) is 30.3 Å². The van der Waals surface area contributed by atoms with Crippen molar-refractivity contribution < 1.29 is 47.2 Å². The number of alkyl halides is 3. The van der Waals surface area contributed by atoms with E-state index in [2.05, 4.69) is 15.7 Å². The van der Waals surface area contributed by atoms with Gasteiger partial charge in [-0.25, -0.2) is 10.2 Å². The SMILES string of the molecule is CO.CO[C@@H](C)c1ncccc1-c1c(CC(C)(C)CO)c2cc(-c3cccc(C[C@H](NC(=O)OC(C)(C)C)C(=O)N4CCCC(C=O)N4)n3)ccc2n1CC(F)(F)F. The Morgan fingerprint density at radius 1 is 1.09 bits per heavy atom. The third-order valence-corrected chi connectivity index (χ3v) is 9.57. The van der Waals surface area contributed by atoms with Crippen LogP contribution in [0.3, 0.4) is 0 Å². The van der Waals surface area contributed by atoms with Gasteiger partial charge in [0.05, 0.1) is 29.2 Å². The molecular weight excluding hydrogens is 757 g/mol. The van der Waals surface area contributed by atoms with Crippen LogP contribution in [0, 0.1) is 5.41 Å². The van der Waals surface area contributed by atoms with Gasteiger partial charge in [0, 0.05) is 67.7 Å². The van der Waals surface area contributed by atoms with E-state index in [1.54, 1.807) is 82.4 Å². The molecule has 0 bridgehead atoms. The Hall–Kier alpha value is -4.90. The van der Waals surface area contributed by atoms with Gasteiger partial charge in [-0.2, -0.15) is 13.2 Å². The van der Waals surface area contributed by atoms with Crippen LogP contribution in [0.5, 0.6) is 0 Å². The molecule has 1 fully saturated rings. The summed E-state index contributed by atoms with van der Waals surface area (Å²) < 4.78 is 55.4. The van der Waals surface area contributed by atoms with Gasteiger partial charge in [0.15, 0.2) is 0 Å². The lowest BCUT2D eigenvalue weighted by molar-refractivity contribution is -0.140. The zero-order valence-corrected chi connectivity index (χ0v) is 34.3. The summed E-state index contributed by atoms with van der Waals surface area (Å²) in [5.41, 5.74) is 5.18. The van der Waals surface area contributed by atoms with E-state index in [0.717, 1.165) is 13.4 Å². The summed E-state index contributed by atoms with van der Waals surface area (Å²) in [6, 6.07) is 12.1. The molecule has 1 aliphatic heterocycles. The maximum atomic E-state index is 14.4. The summed E-state index contributed by atoms with van der Waals surface area (Å²) in [6.07, 6.45) is -2.19. The van der Waals surface area contributed by atoms with E-state index in [1.807, 2.05) is 13.8 Å². The van der Waals surface area contributed by atoms with Crippen molar-refractivity contribution in [3.05, 3.63) is 71.7 Å². The first-order chi connectivity index (χ1) is 27.3. The van der Waals surface area contributed by atoms with Crippen LogP contribution in [0.1, 0.15) is 77.4 Å². The highest BCUT2D eigenvalue weighted by Gasteiger charge is 2.35. The lowest BCUT2D eigenvalue weighted by Crippen LogP contribution is -2.59. The number of nitrogens with zero attached hydrogens (tertiary/aromatic N) is 4. The van der Waals surface area contributed by atoms with Crippen LogP contribution in [0.25, 0.3) is 33.4 Å². The number of hydrogen-bond donors (Lipinski definition) is 4. The van der Waals surface area contributed by atoms with Crippen molar-refractivity contribution in [2.75, 3.05) is 27.4 Å². The fourth-order valence-electron chi connectivity index (χ4n) is 6.87. The highest BCUT2D eigenvalue weighted by Crippen LogP contribution is 2.42. The number of ether oxygens (including phenoxy) is 2. The number of pyridine rings is 2. The second kappa shape index (κ2) is 19.2. The van der Waals surface area contributed by atoms with Crippen LogP contribution in [-0.4, -0.2) is 99.3 Å². The van der Waals surface area contributed by atoms with E-state index in [4.69, 9.17) is 19.6 Å². The van der Waals surface area contributed by atoms with Crippen molar-refractivity contribution in [1.29, 1.82) is 0 Å². The van der Waals surface area contributed by atoms with E-state index in [1.165, 1.54) is 16.7 Å². The summed E-state index contributed by atoms with van der Waals surface area (Å²) in [7, 11) is 2.51. The van der Waals surface area contributed by atoms with Gasteiger partial charge in [-0.05, 0) is 94.3 Å². The molecule has 316 valence electrons. The van der Waals surface area contributed by atoms with Crippen LogP contribution in [-0.2, 0) is 38.4 Å². The molecule has 16 heteroatoms. The van der Waals surface area contributed by atoms with Crippen LogP contribution < -0.4 is 10.7 Å². The molecule has 1 aromatic carbocycles. The molecule has 58 heavy (non-hydrogen) atoms. The molecule has 0 aliphatic carbocycles. The Kier molecular flexibility index (Phi) is 15.2.